The molecule has 184 valence electrons. The molecule has 1 heterocycles. The Kier molecular flexibility index (Phi) is 7.09. The number of anilines is 1. The van der Waals surface area contributed by atoms with Crippen LogP contribution in [0, 0.1) is 26.2 Å². The van der Waals surface area contributed by atoms with Crippen LogP contribution in [-0.4, -0.2) is 34.6 Å². The first-order chi connectivity index (χ1) is 17.2. The molecule has 5 nitrogen and oxygen atoms in total. The van der Waals surface area contributed by atoms with E-state index in [0.717, 1.165) is 22.3 Å². The van der Waals surface area contributed by atoms with E-state index in [1.54, 1.807) is 23.1 Å². The minimum atomic E-state index is -0.835. The summed E-state index contributed by atoms with van der Waals surface area (Å²) in [5.41, 5.74) is 3.85. The van der Waals surface area contributed by atoms with Gasteiger partial charge in [0.05, 0.1) is 18.9 Å². The maximum absolute atomic E-state index is 14.6. The van der Waals surface area contributed by atoms with Crippen LogP contribution in [0.1, 0.15) is 31.4 Å². The monoisotopic (exact) mass is 501 g/mol. The first-order valence-corrected chi connectivity index (χ1v) is 12.2. The van der Waals surface area contributed by atoms with Crippen LogP contribution in [0.3, 0.4) is 0 Å². The van der Waals surface area contributed by atoms with Gasteiger partial charge in [0.25, 0.3) is 5.91 Å². The third kappa shape index (κ3) is 4.57. The van der Waals surface area contributed by atoms with Crippen molar-refractivity contribution < 1.29 is 13.9 Å². The van der Waals surface area contributed by atoms with E-state index in [9.17, 15) is 9.18 Å². The molecular weight excluding hydrogens is 473 g/mol. The second kappa shape index (κ2) is 10.1. The number of ether oxygens (including phenoxy) is 1. The summed E-state index contributed by atoms with van der Waals surface area (Å²) in [5, 5.41) is 0.418. The van der Waals surface area contributed by atoms with Crippen molar-refractivity contribution in [3.05, 3.63) is 89.0 Å². The Morgan fingerprint density at radius 1 is 1.03 bits per heavy atom. The maximum atomic E-state index is 14.6. The van der Waals surface area contributed by atoms with E-state index >= 15 is 0 Å². The molecule has 1 aliphatic heterocycles. The lowest BCUT2D eigenvalue weighted by Gasteiger charge is -2.29. The van der Waals surface area contributed by atoms with Crippen molar-refractivity contribution in [3.63, 3.8) is 0 Å². The maximum Gasteiger partial charge on any atom is 0.258 e. The summed E-state index contributed by atoms with van der Waals surface area (Å²) < 4.78 is 20.4. The van der Waals surface area contributed by atoms with Gasteiger partial charge in [-0.2, -0.15) is 0 Å². The van der Waals surface area contributed by atoms with Gasteiger partial charge in [-0.25, -0.2) is 9.24 Å². The molecule has 0 spiro atoms. The van der Waals surface area contributed by atoms with Crippen molar-refractivity contribution in [2.45, 2.75) is 39.7 Å². The topological polar surface area (TPSA) is 37.1 Å². The quantitative estimate of drug-likeness (QED) is 0.202. The number of nitrogens with zero attached hydrogens (tertiary/aromatic N) is 3. The van der Waals surface area contributed by atoms with E-state index < -0.39 is 11.4 Å². The molecule has 0 aromatic heterocycles. The van der Waals surface area contributed by atoms with Gasteiger partial charge in [-0.3, -0.25) is 9.69 Å². The van der Waals surface area contributed by atoms with Gasteiger partial charge < -0.3 is 9.64 Å². The molecule has 0 radical (unpaired) electrons. The molecule has 0 atom stereocenters. The van der Waals surface area contributed by atoms with Crippen LogP contribution < -0.4 is 9.64 Å². The van der Waals surface area contributed by atoms with Gasteiger partial charge in [-0.15, -0.1) is 0 Å². The van der Waals surface area contributed by atoms with Gasteiger partial charge >= 0.3 is 0 Å². The van der Waals surface area contributed by atoms with E-state index in [1.807, 2.05) is 69.0 Å². The lowest BCUT2D eigenvalue weighted by Crippen LogP contribution is -2.44. The van der Waals surface area contributed by atoms with Crippen LogP contribution in [0.25, 0.3) is 16.0 Å². The second-order valence-corrected chi connectivity index (χ2v) is 9.68. The normalized spacial score (nSPS) is 14.8. The number of thiocarbonyl (C=S) groups is 1. The number of hydrogen-bond donors (Lipinski definition) is 0. The average molecular weight is 502 g/mol. The lowest BCUT2D eigenvalue weighted by molar-refractivity contribution is -0.123. The number of carbonyl (C=O) groups is 1. The van der Waals surface area contributed by atoms with Crippen molar-refractivity contribution in [1.82, 2.24) is 4.90 Å². The molecule has 1 saturated heterocycles. The molecule has 0 aliphatic carbocycles. The zero-order chi connectivity index (χ0) is 26.0. The Bertz CT molecular complexity index is 1360. The summed E-state index contributed by atoms with van der Waals surface area (Å²) in [6.45, 7) is 15.6. The van der Waals surface area contributed by atoms with E-state index in [0.29, 0.717) is 29.5 Å². The minimum absolute atomic E-state index is 0.117. The molecule has 1 fully saturated rings. The molecule has 0 N–H and O–H groups in total. The molecule has 7 heteroatoms. The van der Waals surface area contributed by atoms with Crippen molar-refractivity contribution >= 4 is 34.6 Å². The Morgan fingerprint density at radius 3 is 2.42 bits per heavy atom. The lowest BCUT2D eigenvalue weighted by atomic mass is 10.0. The zero-order valence-corrected chi connectivity index (χ0v) is 21.7. The average Bonchev–Trinajstić information content (AvgIpc) is 3.03. The number of rotatable bonds is 7. The number of hydrogen-bond acceptors (Lipinski definition) is 3. The SMILES string of the molecule is [C-]#[N+]c1ccc(N2C(=O)C(C)(C)N(CCCOc3ccc(-c4ccccc4)cc3F)C2=S)c(C)c1C. The summed E-state index contributed by atoms with van der Waals surface area (Å²) in [6, 6.07) is 18.1. The Labute approximate surface area is 216 Å². The Balaban J connectivity index is 1.42. The van der Waals surface area contributed by atoms with Crippen molar-refractivity contribution in [2.75, 3.05) is 18.1 Å². The summed E-state index contributed by atoms with van der Waals surface area (Å²) >= 11 is 5.73. The van der Waals surface area contributed by atoms with Crippen LogP contribution >= 0.6 is 12.2 Å². The molecular formula is C29H28FN3O2S. The third-order valence-electron chi connectivity index (χ3n) is 6.74. The summed E-state index contributed by atoms with van der Waals surface area (Å²) in [6.07, 6.45) is 0.555. The van der Waals surface area contributed by atoms with Gasteiger partial charge in [0.2, 0.25) is 0 Å². The predicted molar refractivity (Wildman–Crippen MR) is 145 cm³/mol. The van der Waals surface area contributed by atoms with Crippen LogP contribution in [0.2, 0.25) is 0 Å². The fourth-order valence-electron chi connectivity index (χ4n) is 4.41. The van der Waals surface area contributed by atoms with Gasteiger partial charge in [-0.1, -0.05) is 42.5 Å². The highest BCUT2D eigenvalue weighted by atomic mass is 32.1. The summed E-state index contributed by atoms with van der Waals surface area (Å²) in [4.78, 5) is 20.4. The van der Waals surface area contributed by atoms with Crippen LogP contribution in [0.15, 0.2) is 60.7 Å². The highest BCUT2D eigenvalue weighted by Crippen LogP contribution is 2.37. The Hall–Kier alpha value is -3.76. The molecule has 3 aromatic carbocycles. The van der Waals surface area contributed by atoms with Crippen LogP contribution in [0.5, 0.6) is 5.75 Å². The van der Waals surface area contributed by atoms with Crippen LogP contribution in [0.4, 0.5) is 15.8 Å². The molecule has 0 unspecified atom stereocenters. The van der Waals surface area contributed by atoms with Crippen molar-refractivity contribution in [3.8, 4) is 16.9 Å². The third-order valence-corrected chi connectivity index (χ3v) is 7.14. The van der Waals surface area contributed by atoms with E-state index in [4.69, 9.17) is 23.5 Å². The molecule has 4 rings (SSSR count). The standard InChI is InChI=1S/C29H28FN3O2S/c1-19-20(2)25(14-13-24(19)31-5)33-27(34)29(3,4)32(28(33)36)16-9-17-35-26-15-12-22(18-23(26)30)21-10-7-6-8-11-21/h6-8,10-15,18H,9,16-17H2,1-4H3. The highest BCUT2D eigenvalue weighted by molar-refractivity contribution is 7.80. The van der Waals surface area contributed by atoms with Crippen molar-refractivity contribution in [2.24, 2.45) is 0 Å². The highest BCUT2D eigenvalue weighted by Gasteiger charge is 2.49. The van der Waals surface area contributed by atoms with Gasteiger partial charge in [-0.05, 0) is 86.8 Å². The van der Waals surface area contributed by atoms with Crippen molar-refractivity contribution in [1.29, 1.82) is 0 Å². The largest absolute Gasteiger partial charge is 0.490 e. The summed E-state index contributed by atoms with van der Waals surface area (Å²) in [7, 11) is 0. The van der Waals surface area contributed by atoms with Crippen LogP contribution in [-0.2, 0) is 4.79 Å². The summed E-state index contributed by atoms with van der Waals surface area (Å²) in [5.74, 6) is -0.334. The van der Waals surface area contributed by atoms with E-state index in [1.165, 1.54) is 6.07 Å². The fraction of sp³-hybridized carbons (Fsp3) is 0.276. The molecule has 36 heavy (non-hydrogen) atoms. The molecule has 1 amide bonds. The van der Waals surface area contributed by atoms with Gasteiger partial charge in [0, 0.05) is 6.54 Å². The first-order valence-electron chi connectivity index (χ1n) is 11.8. The predicted octanol–water partition coefficient (Wildman–Crippen LogP) is 6.84. The fourth-order valence-corrected chi connectivity index (χ4v) is 4.91. The number of carbonyl (C=O) groups excluding carboxylic acids is 1. The number of amides is 1. The first kappa shape index (κ1) is 25.3. The Morgan fingerprint density at radius 2 is 1.75 bits per heavy atom. The molecule has 1 aliphatic rings. The van der Waals surface area contributed by atoms with Gasteiger partial charge in [0.1, 0.15) is 5.54 Å². The second-order valence-electron chi connectivity index (χ2n) is 9.31. The molecule has 0 bridgehead atoms. The zero-order valence-electron chi connectivity index (χ0n) is 20.8. The number of halogens is 1. The number of benzene rings is 3. The van der Waals surface area contributed by atoms with E-state index in [-0.39, 0.29) is 18.3 Å². The smallest absolute Gasteiger partial charge is 0.258 e. The molecule has 0 saturated carbocycles. The van der Waals surface area contributed by atoms with Gasteiger partial charge in [0.15, 0.2) is 22.4 Å². The van der Waals surface area contributed by atoms with E-state index in [2.05, 4.69) is 4.85 Å². The molecule has 3 aromatic rings. The minimum Gasteiger partial charge on any atom is -0.490 e.